The average Bonchev–Trinajstić information content (AvgIpc) is 2.33. The van der Waals surface area contributed by atoms with Crippen molar-refractivity contribution in [3.8, 4) is 0 Å². The molecule has 0 spiro atoms. The van der Waals surface area contributed by atoms with Crippen molar-refractivity contribution < 1.29 is 0 Å². The molecule has 0 aliphatic heterocycles. The smallest absolute Gasteiger partial charge is 0.0133 e. The van der Waals surface area contributed by atoms with Gasteiger partial charge in [-0.15, -0.1) is 0 Å². The van der Waals surface area contributed by atoms with E-state index in [-0.39, 0.29) is 0 Å². The summed E-state index contributed by atoms with van der Waals surface area (Å²) >= 11 is 0. The molecule has 1 nitrogen and oxygen atoms in total. The van der Waals surface area contributed by atoms with E-state index in [0.717, 1.165) is 18.9 Å². The van der Waals surface area contributed by atoms with Gasteiger partial charge in [-0.1, -0.05) is 45.4 Å². The number of nitrogens with one attached hydrogen (secondary N) is 1. The summed E-state index contributed by atoms with van der Waals surface area (Å²) in [4.78, 5) is 0. The van der Waals surface area contributed by atoms with Gasteiger partial charge in [0.2, 0.25) is 0 Å². The van der Waals surface area contributed by atoms with Gasteiger partial charge in [0.15, 0.2) is 0 Å². The molecular formula is C17H29N. The first-order valence-electron chi connectivity index (χ1n) is 7.38. The van der Waals surface area contributed by atoms with Gasteiger partial charge in [-0.2, -0.15) is 0 Å². The largest absolute Gasteiger partial charge is 0.314 e. The molecule has 1 rings (SSSR count). The number of hydrogen-bond acceptors (Lipinski definition) is 1. The molecule has 18 heavy (non-hydrogen) atoms. The zero-order chi connectivity index (χ0) is 13.5. The lowest BCUT2D eigenvalue weighted by Gasteiger charge is -2.25. The highest BCUT2D eigenvalue weighted by atomic mass is 14.9. The van der Waals surface area contributed by atoms with Crippen molar-refractivity contribution in [2.45, 2.75) is 59.9 Å². The summed E-state index contributed by atoms with van der Waals surface area (Å²) in [5.74, 6) is 0.747. The lowest BCUT2D eigenvalue weighted by atomic mass is 9.90. The minimum absolute atomic E-state index is 0.608. The molecule has 1 aromatic carbocycles. The number of aryl methyl sites for hydroxylation is 2. The van der Waals surface area contributed by atoms with Crippen LogP contribution < -0.4 is 5.32 Å². The maximum absolute atomic E-state index is 3.65. The molecule has 0 heterocycles. The summed E-state index contributed by atoms with van der Waals surface area (Å²) in [6.07, 6.45) is 3.73. The Morgan fingerprint density at radius 3 is 2.39 bits per heavy atom. The third-order valence-electron chi connectivity index (χ3n) is 3.92. The van der Waals surface area contributed by atoms with Crippen LogP contribution in [0.4, 0.5) is 0 Å². The minimum Gasteiger partial charge on any atom is -0.314 e. The van der Waals surface area contributed by atoms with Gasteiger partial charge in [0.05, 0.1) is 0 Å². The Labute approximate surface area is 113 Å². The molecule has 1 heteroatoms. The molecule has 0 saturated carbocycles. The maximum atomic E-state index is 3.65. The van der Waals surface area contributed by atoms with Crippen molar-refractivity contribution in [1.82, 2.24) is 5.32 Å². The molecule has 0 bridgehead atoms. The fourth-order valence-corrected chi connectivity index (χ4v) is 2.58. The zero-order valence-corrected chi connectivity index (χ0v) is 12.7. The summed E-state index contributed by atoms with van der Waals surface area (Å²) in [5, 5.41) is 3.65. The molecule has 0 amide bonds. The monoisotopic (exact) mass is 247 g/mol. The van der Waals surface area contributed by atoms with Gasteiger partial charge in [-0.25, -0.2) is 0 Å². The summed E-state index contributed by atoms with van der Waals surface area (Å²) in [5.41, 5.74) is 4.26. The Morgan fingerprint density at radius 1 is 1.11 bits per heavy atom. The van der Waals surface area contributed by atoms with Crippen LogP contribution in [0.3, 0.4) is 0 Å². The van der Waals surface area contributed by atoms with Crippen LogP contribution in [0.25, 0.3) is 0 Å². The number of likely N-dealkylation sites (N-methyl/N-ethyl adjacent to an activating group) is 1. The van der Waals surface area contributed by atoms with E-state index in [2.05, 4.69) is 58.1 Å². The Bertz CT molecular complexity index is 357. The topological polar surface area (TPSA) is 12.0 Å². The van der Waals surface area contributed by atoms with Crippen LogP contribution in [0.5, 0.6) is 0 Å². The SMILES string of the molecule is CCCC(C)C(Cc1ccc(C)c(C)c1)NCC. The summed E-state index contributed by atoms with van der Waals surface area (Å²) < 4.78 is 0. The summed E-state index contributed by atoms with van der Waals surface area (Å²) in [7, 11) is 0. The van der Waals surface area contributed by atoms with Crippen LogP contribution in [0, 0.1) is 19.8 Å². The van der Waals surface area contributed by atoms with Crippen molar-refractivity contribution >= 4 is 0 Å². The first-order valence-corrected chi connectivity index (χ1v) is 7.38. The van der Waals surface area contributed by atoms with Crippen LogP contribution in [0.2, 0.25) is 0 Å². The minimum atomic E-state index is 0.608. The predicted octanol–water partition coefficient (Wildman–Crippen LogP) is 4.26. The van der Waals surface area contributed by atoms with Gasteiger partial charge in [0.1, 0.15) is 0 Å². The first-order chi connectivity index (χ1) is 8.58. The van der Waals surface area contributed by atoms with Crippen molar-refractivity contribution in [3.05, 3.63) is 34.9 Å². The Hall–Kier alpha value is -0.820. The Kier molecular flexibility index (Phi) is 6.42. The molecule has 2 unspecified atom stereocenters. The van der Waals surface area contributed by atoms with Crippen molar-refractivity contribution in [2.24, 2.45) is 5.92 Å². The van der Waals surface area contributed by atoms with Gasteiger partial charge >= 0.3 is 0 Å². The fraction of sp³-hybridized carbons (Fsp3) is 0.647. The molecule has 0 radical (unpaired) electrons. The molecule has 0 fully saturated rings. The molecular weight excluding hydrogens is 218 g/mol. The molecule has 1 aromatic rings. The normalized spacial score (nSPS) is 14.5. The van der Waals surface area contributed by atoms with Gasteiger partial charge in [-0.05, 0) is 55.8 Å². The van der Waals surface area contributed by atoms with E-state index >= 15 is 0 Å². The van der Waals surface area contributed by atoms with Crippen LogP contribution in [-0.2, 0) is 6.42 Å². The van der Waals surface area contributed by atoms with Crippen molar-refractivity contribution in [3.63, 3.8) is 0 Å². The maximum Gasteiger partial charge on any atom is 0.0133 e. The van der Waals surface area contributed by atoms with E-state index in [0.29, 0.717) is 6.04 Å². The second kappa shape index (κ2) is 7.58. The van der Waals surface area contributed by atoms with Gasteiger partial charge in [-0.3, -0.25) is 0 Å². The van der Waals surface area contributed by atoms with Crippen LogP contribution >= 0.6 is 0 Å². The van der Waals surface area contributed by atoms with E-state index in [1.807, 2.05) is 0 Å². The van der Waals surface area contributed by atoms with Gasteiger partial charge in [0.25, 0.3) is 0 Å². The Balaban J connectivity index is 2.72. The summed E-state index contributed by atoms with van der Waals surface area (Å²) in [6.45, 7) is 12.3. The molecule has 1 N–H and O–H groups in total. The second-order valence-electron chi connectivity index (χ2n) is 5.55. The Morgan fingerprint density at radius 2 is 1.83 bits per heavy atom. The predicted molar refractivity (Wildman–Crippen MR) is 81.2 cm³/mol. The third-order valence-corrected chi connectivity index (χ3v) is 3.92. The van der Waals surface area contributed by atoms with E-state index in [1.165, 1.54) is 29.5 Å². The zero-order valence-electron chi connectivity index (χ0n) is 12.7. The number of hydrogen-bond donors (Lipinski definition) is 1. The lowest BCUT2D eigenvalue weighted by Crippen LogP contribution is -2.36. The average molecular weight is 247 g/mol. The second-order valence-corrected chi connectivity index (χ2v) is 5.55. The van der Waals surface area contributed by atoms with Gasteiger partial charge in [0, 0.05) is 6.04 Å². The molecule has 0 aliphatic carbocycles. The number of benzene rings is 1. The highest BCUT2D eigenvalue weighted by molar-refractivity contribution is 5.30. The molecule has 2 atom stereocenters. The molecule has 0 aliphatic rings. The lowest BCUT2D eigenvalue weighted by molar-refractivity contribution is 0.358. The first kappa shape index (κ1) is 15.2. The standard InChI is InChI=1S/C17H29N/c1-6-8-14(4)17(18-7-2)12-16-10-9-13(3)15(5)11-16/h9-11,14,17-18H,6-8,12H2,1-5H3. The van der Waals surface area contributed by atoms with Crippen molar-refractivity contribution in [1.29, 1.82) is 0 Å². The fourth-order valence-electron chi connectivity index (χ4n) is 2.58. The third kappa shape index (κ3) is 4.45. The van der Waals surface area contributed by atoms with Gasteiger partial charge < -0.3 is 5.32 Å². The van der Waals surface area contributed by atoms with E-state index in [4.69, 9.17) is 0 Å². The van der Waals surface area contributed by atoms with Crippen LogP contribution in [-0.4, -0.2) is 12.6 Å². The quantitative estimate of drug-likeness (QED) is 0.759. The number of rotatable bonds is 7. The van der Waals surface area contributed by atoms with Crippen LogP contribution in [0.15, 0.2) is 18.2 Å². The van der Waals surface area contributed by atoms with Crippen molar-refractivity contribution in [2.75, 3.05) is 6.54 Å². The highest BCUT2D eigenvalue weighted by Crippen LogP contribution is 2.17. The van der Waals surface area contributed by atoms with Crippen LogP contribution in [0.1, 0.15) is 50.3 Å². The van der Waals surface area contributed by atoms with E-state index < -0.39 is 0 Å². The molecule has 0 aromatic heterocycles. The molecule has 0 saturated heterocycles. The summed E-state index contributed by atoms with van der Waals surface area (Å²) in [6, 6.07) is 7.49. The molecule has 102 valence electrons. The highest BCUT2D eigenvalue weighted by Gasteiger charge is 2.16. The van der Waals surface area contributed by atoms with E-state index in [9.17, 15) is 0 Å². The van der Waals surface area contributed by atoms with E-state index in [1.54, 1.807) is 0 Å².